The van der Waals surface area contributed by atoms with Crippen molar-refractivity contribution in [2.45, 2.75) is 319 Å². The number of allylic oxidation sites excluding steroid dienone is 2. The highest BCUT2D eigenvalue weighted by Crippen LogP contribution is 2.27. The zero-order valence-electron chi connectivity index (χ0n) is 45.9. The monoisotopic (exact) mass is 1040 g/mol. The number of carbonyl (C=O) groups is 2. The highest BCUT2D eigenvalue weighted by atomic mass is 16.7. The molecule has 430 valence electrons. The normalized spacial score (nSPS) is 24.8. The van der Waals surface area contributed by atoms with Gasteiger partial charge in [0.25, 0.3) is 0 Å². The smallest absolute Gasteiger partial charge is 0.306 e. The largest absolute Gasteiger partial charge is 0.462 e. The Kier molecular flexibility index (Phi) is 41.8. The number of hydrogen-bond acceptors (Lipinski definition) is 15. The standard InChI is InChI=1S/C58H108O15/c1-3-5-7-9-11-13-15-17-18-19-20-21-22-23-24-25-26-27-29-30-32-34-36-38-40-49(60)68-43-46(71-50(61)41-39-37-35-33-31-28-16-14-12-10-8-6-4-2)44-69-57-56(67)54(65)52(63)48(73-57)45-70-58-55(66)53(64)51(62)47(42-59)72-58/h14,16,46-48,51-59,62-67H,3-13,15,17-45H2,1-2H3/b16-14-. The molecule has 0 aliphatic carbocycles. The maximum atomic E-state index is 13.0. The molecule has 0 amide bonds. The van der Waals surface area contributed by atoms with E-state index in [-0.39, 0.29) is 26.1 Å². The first kappa shape index (κ1) is 67.3. The van der Waals surface area contributed by atoms with E-state index in [0.717, 1.165) is 57.8 Å². The van der Waals surface area contributed by atoms with Gasteiger partial charge in [0.2, 0.25) is 0 Å². The van der Waals surface area contributed by atoms with Crippen LogP contribution in [0.25, 0.3) is 0 Å². The average Bonchev–Trinajstić information content (AvgIpc) is 3.38. The molecule has 2 rings (SSSR count). The quantitative estimate of drug-likeness (QED) is 0.0171. The molecule has 0 saturated carbocycles. The van der Waals surface area contributed by atoms with Crippen LogP contribution in [0.5, 0.6) is 0 Å². The molecule has 73 heavy (non-hydrogen) atoms. The van der Waals surface area contributed by atoms with E-state index in [1.165, 1.54) is 154 Å². The van der Waals surface area contributed by atoms with Gasteiger partial charge in [-0.2, -0.15) is 0 Å². The number of hydrogen-bond donors (Lipinski definition) is 7. The van der Waals surface area contributed by atoms with Crippen molar-refractivity contribution in [3.63, 3.8) is 0 Å². The van der Waals surface area contributed by atoms with Crippen molar-refractivity contribution in [3.8, 4) is 0 Å². The van der Waals surface area contributed by atoms with Crippen molar-refractivity contribution in [1.29, 1.82) is 0 Å². The molecular weight excluding hydrogens is 937 g/mol. The minimum absolute atomic E-state index is 0.159. The van der Waals surface area contributed by atoms with E-state index >= 15 is 0 Å². The van der Waals surface area contributed by atoms with E-state index in [1.807, 2.05) is 0 Å². The number of ether oxygens (including phenoxy) is 6. The van der Waals surface area contributed by atoms with Crippen molar-refractivity contribution in [2.24, 2.45) is 0 Å². The number of aliphatic hydroxyl groups excluding tert-OH is 7. The Bertz CT molecular complexity index is 1320. The van der Waals surface area contributed by atoms with E-state index in [0.29, 0.717) is 12.8 Å². The molecule has 0 aromatic heterocycles. The summed E-state index contributed by atoms with van der Waals surface area (Å²) in [6.07, 6.45) is 31.1. The lowest BCUT2D eigenvalue weighted by atomic mass is 9.98. The van der Waals surface area contributed by atoms with E-state index in [9.17, 15) is 45.3 Å². The number of aliphatic hydroxyl groups is 7. The lowest BCUT2D eigenvalue weighted by Crippen LogP contribution is -2.61. The fourth-order valence-electron chi connectivity index (χ4n) is 9.63. The maximum Gasteiger partial charge on any atom is 0.306 e. The Balaban J connectivity index is 1.69. The third-order valence-corrected chi connectivity index (χ3v) is 14.5. The van der Waals surface area contributed by atoms with Crippen LogP contribution in [-0.2, 0) is 38.0 Å². The van der Waals surface area contributed by atoms with E-state index in [1.54, 1.807) is 0 Å². The van der Waals surface area contributed by atoms with Gasteiger partial charge in [0.15, 0.2) is 18.7 Å². The zero-order chi connectivity index (χ0) is 53.2. The highest BCUT2D eigenvalue weighted by Gasteiger charge is 2.47. The number of carbonyl (C=O) groups excluding carboxylic acids is 2. The molecule has 2 aliphatic rings. The summed E-state index contributed by atoms with van der Waals surface area (Å²) >= 11 is 0. The fourth-order valence-corrected chi connectivity index (χ4v) is 9.63. The first-order valence-corrected chi connectivity index (χ1v) is 29.8. The lowest BCUT2D eigenvalue weighted by molar-refractivity contribution is -0.332. The minimum atomic E-state index is -1.76. The van der Waals surface area contributed by atoms with Crippen LogP contribution in [0.2, 0.25) is 0 Å². The predicted molar refractivity (Wildman–Crippen MR) is 285 cm³/mol. The van der Waals surface area contributed by atoms with Gasteiger partial charge in [-0.15, -0.1) is 0 Å². The molecule has 15 nitrogen and oxygen atoms in total. The summed E-state index contributed by atoms with van der Waals surface area (Å²) in [4.78, 5) is 25.9. The summed E-state index contributed by atoms with van der Waals surface area (Å²) in [5.41, 5.74) is 0. The molecule has 0 bridgehead atoms. The van der Waals surface area contributed by atoms with Gasteiger partial charge in [0.05, 0.1) is 19.8 Å². The second-order valence-electron chi connectivity index (χ2n) is 21.2. The Labute approximate surface area is 441 Å². The second kappa shape index (κ2) is 45.3. The molecule has 0 spiro atoms. The third-order valence-electron chi connectivity index (χ3n) is 14.5. The van der Waals surface area contributed by atoms with Gasteiger partial charge in [0, 0.05) is 12.8 Å². The molecule has 15 heteroatoms. The Morgan fingerprint density at radius 2 is 0.781 bits per heavy atom. The number of rotatable bonds is 48. The average molecular weight is 1050 g/mol. The van der Waals surface area contributed by atoms with Gasteiger partial charge in [-0.3, -0.25) is 9.59 Å². The SMILES string of the molecule is CCCCCC/C=C\CCCCCCCC(=O)OC(COC(=O)CCCCCCCCCCCCCCCCCCCCCCCCCC)COC1OC(COC2OC(CO)C(O)C(O)C2O)C(O)C(O)C1O. The van der Waals surface area contributed by atoms with Gasteiger partial charge in [0.1, 0.15) is 55.4 Å². The maximum absolute atomic E-state index is 13.0. The van der Waals surface area contributed by atoms with Crippen LogP contribution in [0.1, 0.15) is 251 Å². The molecule has 2 fully saturated rings. The van der Waals surface area contributed by atoms with Gasteiger partial charge >= 0.3 is 11.9 Å². The van der Waals surface area contributed by atoms with Gasteiger partial charge in [-0.25, -0.2) is 0 Å². The van der Waals surface area contributed by atoms with Crippen LogP contribution in [0.15, 0.2) is 12.2 Å². The van der Waals surface area contributed by atoms with Crippen molar-refractivity contribution in [1.82, 2.24) is 0 Å². The van der Waals surface area contributed by atoms with Crippen LogP contribution in [-0.4, -0.2) is 142 Å². The summed E-state index contributed by atoms with van der Waals surface area (Å²) in [5, 5.41) is 72.2. The first-order valence-electron chi connectivity index (χ1n) is 29.8. The Morgan fingerprint density at radius 3 is 1.22 bits per heavy atom. The van der Waals surface area contributed by atoms with E-state index < -0.39 is 92.7 Å². The van der Waals surface area contributed by atoms with E-state index in [2.05, 4.69) is 26.0 Å². The fraction of sp³-hybridized carbons (Fsp3) is 0.931. The molecule has 0 aromatic rings. The van der Waals surface area contributed by atoms with Crippen molar-refractivity contribution < 1.29 is 73.8 Å². The highest BCUT2D eigenvalue weighted by molar-refractivity contribution is 5.70. The molecule has 2 saturated heterocycles. The van der Waals surface area contributed by atoms with Crippen LogP contribution < -0.4 is 0 Å². The predicted octanol–water partition coefficient (Wildman–Crippen LogP) is 10.1. The van der Waals surface area contributed by atoms with Gasteiger partial charge in [-0.1, -0.05) is 212 Å². The lowest BCUT2D eigenvalue weighted by Gasteiger charge is -2.42. The van der Waals surface area contributed by atoms with Crippen LogP contribution in [0, 0.1) is 0 Å². The Hall–Kier alpha value is -1.76. The summed E-state index contributed by atoms with van der Waals surface area (Å²) < 4.78 is 33.7. The van der Waals surface area contributed by atoms with Crippen molar-refractivity contribution in [2.75, 3.05) is 26.4 Å². The summed E-state index contributed by atoms with van der Waals surface area (Å²) in [5.74, 6) is -0.920. The molecule has 0 aromatic carbocycles. The topological polar surface area (TPSA) is 231 Å². The van der Waals surface area contributed by atoms with Gasteiger partial charge in [-0.05, 0) is 38.5 Å². The zero-order valence-corrected chi connectivity index (χ0v) is 45.9. The summed E-state index contributed by atoms with van der Waals surface area (Å²) in [6, 6.07) is 0. The van der Waals surface area contributed by atoms with Crippen molar-refractivity contribution in [3.05, 3.63) is 12.2 Å². The molecule has 11 unspecified atom stereocenters. The number of unbranched alkanes of at least 4 members (excludes halogenated alkanes) is 32. The van der Waals surface area contributed by atoms with Crippen molar-refractivity contribution >= 4 is 11.9 Å². The molecular formula is C58H108O15. The summed E-state index contributed by atoms with van der Waals surface area (Å²) in [7, 11) is 0. The van der Waals surface area contributed by atoms with Gasteiger partial charge < -0.3 is 64.2 Å². The molecule has 0 radical (unpaired) electrons. The molecule has 2 aliphatic heterocycles. The van der Waals surface area contributed by atoms with Crippen LogP contribution >= 0.6 is 0 Å². The first-order chi connectivity index (χ1) is 35.5. The minimum Gasteiger partial charge on any atom is -0.462 e. The molecule has 7 N–H and O–H groups in total. The van der Waals surface area contributed by atoms with Crippen LogP contribution in [0.3, 0.4) is 0 Å². The molecule has 2 heterocycles. The Morgan fingerprint density at radius 1 is 0.425 bits per heavy atom. The third kappa shape index (κ3) is 32.6. The van der Waals surface area contributed by atoms with E-state index in [4.69, 9.17) is 28.4 Å². The molecule has 11 atom stereocenters. The number of esters is 2. The van der Waals surface area contributed by atoms with Crippen LogP contribution in [0.4, 0.5) is 0 Å². The summed E-state index contributed by atoms with van der Waals surface area (Å²) in [6.45, 7) is 2.61. The second-order valence-corrected chi connectivity index (χ2v) is 21.2.